The molecule has 0 fully saturated rings. The zero-order valence-corrected chi connectivity index (χ0v) is 32.0. The third-order valence-electron chi connectivity index (χ3n) is 6.12. The van der Waals surface area contributed by atoms with Crippen molar-refractivity contribution in [3.8, 4) is 5.75 Å². The quantitative estimate of drug-likeness (QED) is 0.224. The van der Waals surface area contributed by atoms with E-state index in [1.54, 1.807) is 101 Å². The van der Waals surface area contributed by atoms with E-state index in [0.717, 1.165) is 5.56 Å². The van der Waals surface area contributed by atoms with Gasteiger partial charge in [0.1, 0.15) is 59.4 Å². The summed E-state index contributed by atoms with van der Waals surface area (Å²) in [5.74, 6) is -1.20. The second kappa shape index (κ2) is 16.9. The highest BCUT2D eigenvalue weighted by Gasteiger charge is 2.30. The third kappa shape index (κ3) is 16.2. The maximum Gasteiger partial charge on any atom is 0.328 e. The number of carbonyl (C=O) groups is 4. The fourth-order valence-corrected chi connectivity index (χ4v) is 4.54. The Morgan fingerprint density at radius 3 is 1.74 bits per heavy atom. The summed E-state index contributed by atoms with van der Waals surface area (Å²) in [5.41, 5.74) is -1.39. The molecule has 0 unspecified atom stereocenters. The van der Waals surface area contributed by atoms with Gasteiger partial charge < -0.3 is 39.2 Å². The van der Waals surface area contributed by atoms with Crippen LogP contribution in [0.15, 0.2) is 52.5 Å². The second-order valence-corrected chi connectivity index (χ2v) is 15.8. The van der Waals surface area contributed by atoms with Crippen LogP contribution in [0, 0.1) is 0 Å². The molecule has 0 saturated heterocycles. The molecule has 50 heavy (non-hydrogen) atoms. The van der Waals surface area contributed by atoms with Crippen LogP contribution in [0.5, 0.6) is 5.75 Å². The van der Waals surface area contributed by atoms with Gasteiger partial charge in [-0.05, 0) is 101 Å². The number of nitrogens with one attached hydrogen (secondary N) is 2. The summed E-state index contributed by atoms with van der Waals surface area (Å²) in [6.45, 7) is 20.1. The molecule has 2 N–H and O–H groups in total. The van der Waals surface area contributed by atoms with E-state index >= 15 is 0 Å². The second-order valence-electron chi connectivity index (χ2n) is 15.8. The van der Waals surface area contributed by atoms with Crippen molar-refractivity contribution in [3.63, 3.8) is 0 Å². The fraction of sp³-hybridized carbons (Fsp3) is 0.595. The normalized spacial score (nSPS) is 15.0. The zero-order valence-electron chi connectivity index (χ0n) is 32.0. The van der Waals surface area contributed by atoms with E-state index in [9.17, 15) is 19.2 Å². The van der Waals surface area contributed by atoms with Gasteiger partial charge >= 0.3 is 23.9 Å². The number of nitrogens with zero attached hydrogens (tertiary/aromatic N) is 2. The van der Waals surface area contributed by atoms with Crippen molar-refractivity contribution in [2.75, 3.05) is 26.7 Å². The van der Waals surface area contributed by atoms with E-state index in [2.05, 4.69) is 15.6 Å². The highest BCUT2D eigenvalue weighted by molar-refractivity contribution is 6.01. The molecule has 1 aromatic carbocycles. The predicted octanol–water partition coefficient (Wildman–Crippen LogP) is 4.94. The van der Waals surface area contributed by atoms with E-state index in [4.69, 9.17) is 23.7 Å². The van der Waals surface area contributed by atoms with Crippen molar-refractivity contribution < 1.29 is 42.9 Å². The lowest BCUT2D eigenvalue weighted by Gasteiger charge is -2.28. The number of rotatable bonds is 12. The minimum atomic E-state index is -0.800. The molecule has 0 aromatic heterocycles. The molecule has 0 saturated carbocycles. The van der Waals surface area contributed by atoms with Gasteiger partial charge in [0.15, 0.2) is 0 Å². The summed E-state index contributed by atoms with van der Waals surface area (Å²) in [6.07, 6.45) is 1.65. The lowest BCUT2D eigenvalue weighted by atomic mass is 10.0. The summed E-state index contributed by atoms with van der Waals surface area (Å²) in [5, 5.41) is 6.28. The minimum absolute atomic E-state index is 0.175. The predicted molar refractivity (Wildman–Crippen MR) is 190 cm³/mol. The van der Waals surface area contributed by atoms with Crippen LogP contribution in [-0.2, 0) is 44.5 Å². The monoisotopic (exact) mass is 700 g/mol. The molecule has 278 valence electrons. The number of hydrogen-bond acceptors (Lipinski definition) is 12. The SMILES string of the molecule is COc1ccc(CC2=CN(CC(=O)OC(C)(C)C)C(CC(=O)OC(C)(C)C)=C(NCC(=O)OC(C)(C)C)NC2=NCC(=O)OC(C)(C)C)cc1. The minimum Gasteiger partial charge on any atom is -0.497 e. The average Bonchev–Trinajstić information content (AvgIpc) is 3.03. The van der Waals surface area contributed by atoms with E-state index in [0.29, 0.717) is 11.3 Å². The number of ether oxygens (including phenoxy) is 5. The maximum atomic E-state index is 13.4. The Morgan fingerprint density at radius 1 is 0.720 bits per heavy atom. The molecule has 1 aliphatic rings. The van der Waals surface area contributed by atoms with Gasteiger partial charge in [-0.3, -0.25) is 24.2 Å². The van der Waals surface area contributed by atoms with Crippen molar-refractivity contribution in [1.82, 2.24) is 15.5 Å². The van der Waals surface area contributed by atoms with Crippen LogP contribution >= 0.6 is 0 Å². The van der Waals surface area contributed by atoms with Gasteiger partial charge in [0.2, 0.25) is 0 Å². The van der Waals surface area contributed by atoms with E-state index in [1.807, 2.05) is 24.3 Å². The Bertz CT molecular complexity index is 1470. The Hall–Kier alpha value is -4.55. The smallest absolute Gasteiger partial charge is 0.328 e. The third-order valence-corrected chi connectivity index (χ3v) is 6.12. The number of methoxy groups -OCH3 is 1. The van der Waals surface area contributed by atoms with Gasteiger partial charge in [0, 0.05) is 18.2 Å². The van der Waals surface area contributed by atoms with E-state index in [1.165, 1.54) is 0 Å². The van der Waals surface area contributed by atoms with Crippen LogP contribution in [-0.4, -0.2) is 83.8 Å². The molecule has 13 nitrogen and oxygen atoms in total. The summed E-state index contributed by atoms with van der Waals surface area (Å²) >= 11 is 0. The lowest BCUT2D eigenvalue weighted by molar-refractivity contribution is -0.157. The summed E-state index contributed by atoms with van der Waals surface area (Å²) in [4.78, 5) is 58.6. The number of amidine groups is 1. The van der Waals surface area contributed by atoms with E-state index in [-0.39, 0.29) is 49.8 Å². The molecule has 1 aromatic rings. The molecule has 1 aliphatic heterocycles. The van der Waals surface area contributed by atoms with Crippen LogP contribution < -0.4 is 15.4 Å². The number of hydrogen-bond donors (Lipinski definition) is 2. The largest absolute Gasteiger partial charge is 0.497 e. The van der Waals surface area contributed by atoms with Gasteiger partial charge in [0.05, 0.1) is 19.2 Å². The Kier molecular flexibility index (Phi) is 14.1. The van der Waals surface area contributed by atoms with Gasteiger partial charge in [-0.15, -0.1) is 0 Å². The Balaban J connectivity index is 2.79. The molecular formula is C37H56N4O9. The topological polar surface area (TPSA) is 154 Å². The molecule has 13 heteroatoms. The first-order chi connectivity index (χ1) is 22.8. The van der Waals surface area contributed by atoms with Crippen molar-refractivity contribution in [1.29, 1.82) is 0 Å². The highest BCUT2D eigenvalue weighted by Crippen LogP contribution is 2.25. The van der Waals surface area contributed by atoms with Crippen LogP contribution in [0.1, 0.15) is 95.1 Å². The zero-order chi connectivity index (χ0) is 38.1. The van der Waals surface area contributed by atoms with Crippen molar-refractivity contribution in [3.05, 3.63) is 53.1 Å². The number of esters is 4. The van der Waals surface area contributed by atoms with Crippen molar-refractivity contribution in [2.45, 2.75) is 118 Å². The molecule has 0 spiro atoms. The van der Waals surface area contributed by atoms with Gasteiger partial charge in [0.25, 0.3) is 0 Å². The molecule has 0 amide bonds. The molecule has 0 bridgehead atoms. The average molecular weight is 701 g/mol. The van der Waals surface area contributed by atoms with Gasteiger partial charge in [-0.2, -0.15) is 0 Å². The molecule has 0 aliphatic carbocycles. The van der Waals surface area contributed by atoms with Crippen LogP contribution in [0.3, 0.4) is 0 Å². The summed E-state index contributed by atoms with van der Waals surface area (Å²) in [6, 6.07) is 7.39. The van der Waals surface area contributed by atoms with Crippen molar-refractivity contribution in [2.24, 2.45) is 4.99 Å². The standard InChI is InChI=1S/C37H56N4O9/c1-34(2,3)47-28(42)19-27-33(39-21-30(44)49-36(7,8)9)40-32(38-20-29(43)48-35(4,5)6)25(18-24-14-16-26(46-13)17-15-24)22-41(27)23-31(45)50-37(10,11)12/h14-17,22,39H,18-21,23H2,1-13H3,(H,38,40). The maximum absolute atomic E-state index is 13.4. The van der Waals surface area contributed by atoms with Crippen LogP contribution in [0.2, 0.25) is 0 Å². The van der Waals surface area contributed by atoms with Gasteiger partial charge in [-0.1, -0.05) is 12.1 Å². The number of benzene rings is 1. The Morgan fingerprint density at radius 2 is 1.22 bits per heavy atom. The Labute approximate surface area is 296 Å². The molecule has 0 radical (unpaired) electrons. The summed E-state index contributed by atoms with van der Waals surface area (Å²) in [7, 11) is 1.58. The van der Waals surface area contributed by atoms with Crippen LogP contribution in [0.4, 0.5) is 0 Å². The number of aliphatic imine (C=N–C) groups is 1. The van der Waals surface area contributed by atoms with E-state index < -0.39 is 46.3 Å². The highest BCUT2D eigenvalue weighted by atomic mass is 16.6. The van der Waals surface area contributed by atoms with Crippen LogP contribution in [0.25, 0.3) is 0 Å². The first kappa shape index (κ1) is 41.6. The molecule has 1 heterocycles. The molecule has 0 atom stereocenters. The first-order valence-electron chi connectivity index (χ1n) is 16.6. The van der Waals surface area contributed by atoms with Crippen molar-refractivity contribution >= 4 is 29.7 Å². The summed E-state index contributed by atoms with van der Waals surface area (Å²) < 4.78 is 27.7. The fourth-order valence-electron chi connectivity index (χ4n) is 4.54. The molecular weight excluding hydrogens is 644 g/mol. The number of carbonyl (C=O) groups excluding carboxylic acids is 4. The first-order valence-corrected chi connectivity index (χ1v) is 16.6. The van der Waals surface area contributed by atoms with Gasteiger partial charge in [-0.25, -0.2) is 0 Å². The molecule has 2 rings (SSSR count). The lowest BCUT2D eigenvalue weighted by Crippen LogP contribution is -2.40.